The molecule has 0 bridgehead atoms. The van der Waals surface area contributed by atoms with Crippen LogP contribution < -0.4 is 0 Å². The van der Waals surface area contributed by atoms with Gasteiger partial charge in [0.2, 0.25) is 0 Å². The zero-order valence-electron chi connectivity index (χ0n) is 8.66. The predicted octanol–water partition coefficient (Wildman–Crippen LogP) is 2.78. The molecule has 1 aromatic carbocycles. The van der Waals surface area contributed by atoms with Gasteiger partial charge in [-0.2, -0.15) is 0 Å². The van der Waals surface area contributed by atoms with Gasteiger partial charge in [-0.15, -0.1) is 0 Å². The number of carbonyl (C=O) groups is 1. The van der Waals surface area contributed by atoms with Crippen molar-refractivity contribution >= 4 is 17.9 Å². The quantitative estimate of drug-likeness (QED) is 0.807. The topological polar surface area (TPSA) is 46.5 Å². The van der Waals surface area contributed by atoms with Gasteiger partial charge in [0.15, 0.2) is 6.29 Å². The van der Waals surface area contributed by atoms with Gasteiger partial charge in [0.05, 0.1) is 18.3 Å². The SMILES string of the molecule is CC(C)OCc1cc(Cl)cc(C=O)c1O. The van der Waals surface area contributed by atoms with Crippen LogP contribution in [0.25, 0.3) is 0 Å². The zero-order valence-corrected chi connectivity index (χ0v) is 9.41. The Balaban J connectivity index is 2.96. The van der Waals surface area contributed by atoms with E-state index < -0.39 is 0 Å². The lowest BCUT2D eigenvalue weighted by molar-refractivity contribution is 0.0644. The summed E-state index contributed by atoms with van der Waals surface area (Å²) >= 11 is 5.79. The third-order valence-corrected chi connectivity index (χ3v) is 2.10. The Kier molecular flexibility index (Phi) is 4.12. The van der Waals surface area contributed by atoms with Crippen molar-refractivity contribution in [3.05, 3.63) is 28.3 Å². The Labute approximate surface area is 93.6 Å². The Bertz CT molecular complexity index is 361. The largest absolute Gasteiger partial charge is 0.507 e. The van der Waals surface area contributed by atoms with Crippen molar-refractivity contribution in [1.82, 2.24) is 0 Å². The van der Waals surface area contributed by atoms with Crippen molar-refractivity contribution in [1.29, 1.82) is 0 Å². The van der Waals surface area contributed by atoms with E-state index in [1.807, 2.05) is 13.8 Å². The number of rotatable bonds is 4. The molecular weight excluding hydrogens is 216 g/mol. The first-order valence-electron chi connectivity index (χ1n) is 4.62. The molecule has 15 heavy (non-hydrogen) atoms. The second-order valence-corrected chi connectivity index (χ2v) is 3.92. The van der Waals surface area contributed by atoms with Gasteiger partial charge in [0.1, 0.15) is 5.75 Å². The number of hydrogen-bond acceptors (Lipinski definition) is 3. The average molecular weight is 229 g/mol. The molecule has 1 rings (SSSR count). The van der Waals surface area contributed by atoms with E-state index in [0.717, 1.165) is 0 Å². The molecule has 0 spiro atoms. The third-order valence-electron chi connectivity index (χ3n) is 1.88. The lowest BCUT2D eigenvalue weighted by Crippen LogP contribution is -2.03. The van der Waals surface area contributed by atoms with Gasteiger partial charge in [-0.25, -0.2) is 0 Å². The first kappa shape index (κ1) is 12.0. The molecule has 0 unspecified atom stereocenters. The van der Waals surface area contributed by atoms with E-state index >= 15 is 0 Å². The first-order chi connectivity index (χ1) is 7.04. The van der Waals surface area contributed by atoms with Gasteiger partial charge in [-0.1, -0.05) is 11.6 Å². The lowest BCUT2D eigenvalue weighted by atomic mass is 10.1. The second kappa shape index (κ2) is 5.14. The molecule has 0 radical (unpaired) electrons. The van der Waals surface area contributed by atoms with Gasteiger partial charge in [0.25, 0.3) is 0 Å². The monoisotopic (exact) mass is 228 g/mol. The van der Waals surface area contributed by atoms with Crippen molar-refractivity contribution in [2.75, 3.05) is 0 Å². The third kappa shape index (κ3) is 3.22. The molecule has 0 saturated carbocycles. The number of halogens is 1. The van der Waals surface area contributed by atoms with Crippen LogP contribution in [0.5, 0.6) is 5.75 Å². The molecule has 0 aliphatic heterocycles. The fraction of sp³-hybridized carbons (Fsp3) is 0.364. The Morgan fingerprint density at radius 2 is 2.20 bits per heavy atom. The molecule has 0 amide bonds. The molecule has 0 aliphatic rings. The summed E-state index contributed by atoms with van der Waals surface area (Å²) in [4.78, 5) is 10.6. The number of aldehydes is 1. The summed E-state index contributed by atoms with van der Waals surface area (Å²) in [7, 11) is 0. The van der Waals surface area contributed by atoms with E-state index in [-0.39, 0.29) is 24.0 Å². The van der Waals surface area contributed by atoms with Crippen LogP contribution in [0.15, 0.2) is 12.1 Å². The van der Waals surface area contributed by atoms with Crippen LogP contribution in [0.3, 0.4) is 0 Å². The summed E-state index contributed by atoms with van der Waals surface area (Å²) in [6.45, 7) is 4.02. The van der Waals surface area contributed by atoms with Crippen LogP contribution in [0.4, 0.5) is 0 Å². The fourth-order valence-corrected chi connectivity index (χ4v) is 1.38. The molecule has 0 fully saturated rings. The van der Waals surface area contributed by atoms with E-state index in [4.69, 9.17) is 16.3 Å². The summed E-state index contributed by atoms with van der Waals surface area (Å²) in [6, 6.07) is 3.01. The van der Waals surface area contributed by atoms with E-state index in [9.17, 15) is 9.90 Å². The summed E-state index contributed by atoms with van der Waals surface area (Å²) in [5, 5.41) is 10.1. The summed E-state index contributed by atoms with van der Waals surface area (Å²) < 4.78 is 5.33. The van der Waals surface area contributed by atoms with Crippen molar-refractivity contribution < 1.29 is 14.6 Å². The van der Waals surface area contributed by atoms with Gasteiger partial charge >= 0.3 is 0 Å². The van der Waals surface area contributed by atoms with Crippen molar-refractivity contribution in [2.24, 2.45) is 0 Å². The molecule has 0 heterocycles. The molecule has 1 aromatic rings. The average Bonchev–Trinajstić information content (AvgIpc) is 2.18. The number of benzene rings is 1. The standard InChI is InChI=1S/C11H13ClO3/c1-7(2)15-6-9-4-10(12)3-8(5-13)11(9)14/h3-5,7,14H,6H2,1-2H3. The Morgan fingerprint density at radius 1 is 1.53 bits per heavy atom. The van der Waals surface area contributed by atoms with Crippen LogP contribution in [0, 0.1) is 0 Å². The predicted molar refractivity (Wildman–Crippen MR) is 58.4 cm³/mol. The molecule has 0 aromatic heterocycles. The fourth-order valence-electron chi connectivity index (χ4n) is 1.14. The first-order valence-corrected chi connectivity index (χ1v) is 5.00. The van der Waals surface area contributed by atoms with Crippen LogP contribution in [0.2, 0.25) is 5.02 Å². The molecule has 82 valence electrons. The van der Waals surface area contributed by atoms with Gasteiger partial charge in [0, 0.05) is 10.6 Å². The van der Waals surface area contributed by atoms with E-state index in [1.54, 1.807) is 6.07 Å². The van der Waals surface area contributed by atoms with E-state index in [0.29, 0.717) is 16.9 Å². The minimum atomic E-state index is -0.0601. The summed E-state index contributed by atoms with van der Waals surface area (Å²) in [6.07, 6.45) is 0.628. The highest BCUT2D eigenvalue weighted by molar-refractivity contribution is 6.31. The highest BCUT2D eigenvalue weighted by Gasteiger charge is 2.09. The van der Waals surface area contributed by atoms with Crippen molar-refractivity contribution in [3.63, 3.8) is 0 Å². The number of phenolic OH excluding ortho intramolecular Hbond substituents is 1. The number of phenols is 1. The van der Waals surface area contributed by atoms with Gasteiger partial charge in [-0.05, 0) is 26.0 Å². The number of hydrogen-bond donors (Lipinski definition) is 1. The van der Waals surface area contributed by atoms with Crippen LogP contribution >= 0.6 is 11.6 Å². The van der Waals surface area contributed by atoms with E-state index in [2.05, 4.69) is 0 Å². The minimum Gasteiger partial charge on any atom is -0.507 e. The maximum atomic E-state index is 10.6. The zero-order chi connectivity index (χ0) is 11.4. The van der Waals surface area contributed by atoms with E-state index in [1.165, 1.54) is 6.07 Å². The molecular formula is C11H13ClO3. The highest BCUT2D eigenvalue weighted by Crippen LogP contribution is 2.26. The maximum Gasteiger partial charge on any atom is 0.153 e. The van der Waals surface area contributed by atoms with Gasteiger partial charge < -0.3 is 9.84 Å². The molecule has 0 aliphatic carbocycles. The summed E-state index contributed by atoms with van der Waals surface area (Å²) in [5.74, 6) is -0.0601. The van der Waals surface area contributed by atoms with Crippen LogP contribution in [-0.4, -0.2) is 17.5 Å². The van der Waals surface area contributed by atoms with Crippen molar-refractivity contribution in [3.8, 4) is 5.75 Å². The normalized spacial score (nSPS) is 10.7. The Hall–Kier alpha value is -1.06. The smallest absolute Gasteiger partial charge is 0.153 e. The lowest BCUT2D eigenvalue weighted by Gasteiger charge is -2.10. The number of aromatic hydroxyl groups is 1. The molecule has 1 N–H and O–H groups in total. The number of carbonyl (C=O) groups excluding carboxylic acids is 1. The van der Waals surface area contributed by atoms with Crippen LogP contribution in [-0.2, 0) is 11.3 Å². The number of ether oxygens (including phenoxy) is 1. The van der Waals surface area contributed by atoms with Gasteiger partial charge in [-0.3, -0.25) is 4.79 Å². The highest BCUT2D eigenvalue weighted by atomic mass is 35.5. The second-order valence-electron chi connectivity index (χ2n) is 3.48. The molecule has 3 nitrogen and oxygen atoms in total. The Morgan fingerprint density at radius 3 is 2.73 bits per heavy atom. The minimum absolute atomic E-state index is 0.0584. The van der Waals surface area contributed by atoms with Crippen LogP contribution in [0.1, 0.15) is 29.8 Å². The van der Waals surface area contributed by atoms with Crippen molar-refractivity contribution in [2.45, 2.75) is 26.6 Å². The molecule has 4 heteroatoms. The molecule has 0 saturated heterocycles. The maximum absolute atomic E-state index is 10.6. The summed E-state index contributed by atoms with van der Waals surface area (Å²) in [5.41, 5.74) is 0.711. The molecule has 0 atom stereocenters.